The Morgan fingerprint density at radius 1 is 0.197 bits per heavy atom. The highest BCUT2D eigenvalue weighted by Gasteiger charge is 2.21. The first kappa shape index (κ1) is 41.4. The van der Waals surface area contributed by atoms with Crippen LogP contribution in [0.25, 0.3) is 44.5 Å². The molecule has 0 saturated heterocycles. The summed E-state index contributed by atoms with van der Waals surface area (Å²) < 4.78 is 0. The summed E-state index contributed by atoms with van der Waals surface area (Å²) in [5.41, 5.74) is 19.3. The second kappa shape index (κ2) is 19.4. The van der Waals surface area contributed by atoms with E-state index in [2.05, 4.69) is 237 Å². The molecule has 10 rings (SSSR count). The van der Waals surface area contributed by atoms with Crippen molar-refractivity contribution in [2.75, 3.05) is 0 Å². The molecule has 0 unspecified atom stereocenters. The zero-order valence-electron chi connectivity index (χ0n) is 36.5. The van der Waals surface area contributed by atoms with E-state index in [9.17, 15) is 4.79 Å². The zero-order chi connectivity index (χ0) is 44.5. The smallest absolute Gasteiger partial charge is 0.193 e. The van der Waals surface area contributed by atoms with Crippen molar-refractivity contribution >= 4 is 28.1 Å². The zero-order valence-corrected chi connectivity index (χ0v) is 36.5. The minimum Gasteiger partial charge on any atom is -0.289 e. The van der Waals surface area contributed by atoms with Gasteiger partial charge in [0.25, 0.3) is 0 Å². The van der Waals surface area contributed by atoms with E-state index in [-0.39, 0.29) is 5.78 Å². The van der Waals surface area contributed by atoms with Crippen LogP contribution in [-0.2, 0) is 0 Å². The van der Waals surface area contributed by atoms with Crippen LogP contribution in [0.2, 0.25) is 0 Å². The van der Waals surface area contributed by atoms with E-state index < -0.39 is 0 Å². The summed E-state index contributed by atoms with van der Waals surface area (Å²) in [6.45, 7) is 0. The van der Waals surface area contributed by atoms with E-state index in [1.165, 1.54) is 11.1 Å². The van der Waals surface area contributed by atoms with Gasteiger partial charge in [-0.1, -0.05) is 273 Å². The van der Waals surface area contributed by atoms with Crippen LogP contribution in [-0.4, -0.2) is 5.78 Å². The average Bonchev–Trinajstić information content (AvgIpc) is 3.41. The predicted octanol–water partition coefficient (Wildman–Crippen LogP) is 16.3. The van der Waals surface area contributed by atoms with E-state index in [1.54, 1.807) is 0 Å². The molecule has 312 valence electrons. The SMILES string of the molecule is O=C(c1ccccc1)c1ccc(-c2cc(C(=C(c3ccccc3)c3ccccc3)c3ccccc3)ccc2-c2ccc(C(=C(c3ccccc3)c3ccccc3)c3ccccc3)cc2)cc1. The molecule has 66 heavy (non-hydrogen) atoms. The second-order valence-electron chi connectivity index (χ2n) is 16.3. The van der Waals surface area contributed by atoms with E-state index in [0.717, 1.165) is 77.9 Å². The van der Waals surface area contributed by atoms with Gasteiger partial charge in [-0.15, -0.1) is 0 Å². The van der Waals surface area contributed by atoms with E-state index in [0.29, 0.717) is 11.1 Å². The maximum atomic E-state index is 13.6. The van der Waals surface area contributed by atoms with Crippen LogP contribution in [0.5, 0.6) is 0 Å². The molecule has 0 aliphatic carbocycles. The monoisotopic (exact) mass is 842 g/mol. The fourth-order valence-corrected chi connectivity index (χ4v) is 9.01. The van der Waals surface area contributed by atoms with Gasteiger partial charge < -0.3 is 0 Å². The van der Waals surface area contributed by atoms with Gasteiger partial charge in [-0.3, -0.25) is 4.79 Å². The number of ketones is 1. The lowest BCUT2D eigenvalue weighted by Crippen LogP contribution is -2.01. The molecule has 0 atom stereocenters. The summed E-state index contributed by atoms with van der Waals surface area (Å²) in [4.78, 5) is 13.6. The molecule has 0 N–H and O–H groups in total. The molecule has 0 aliphatic rings. The largest absolute Gasteiger partial charge is 0.289 e. The number of carbonyl (C=O) groups is 1. The van der Waals surface area contributed by atoms with Crippen LogP contribution in [0.15, 0.2) is 279 Å². The molecule has 1 heteroatoms. The Hall–Kier alpha value is -8.65. The van der Waals surface area contributed by atoms with Crippen molar-refractivity contribution in [3.63, 3.8) is 0 Å². The van der Waals surface area contributed by atoms with Crippen LogP contribution in [0, 0.1) is 0 Å². The van der Waals surface area contributed by atoms with Crippen molar-refractivity contribution < 1.29 is 4.79 Å². The fraction of sp³-hybridized carbons (Fsp3) is 0. The van der Waals surface area contributed by atoms with Gasteiger partial charge in [-0.05, 0) is 95.1 Å². The second-order valence-corrected chi connectivity index (χ2v) is 16.3. The standard InChI is InChI=1S/C65H46O/c66-65(56-34-20-7-21-35-56)57-42-38-48(39-43-57)60-46-58(64(54-32-18-6-19-33-54)62(51-26-12-3-13-27-51)52-28-14-4-15-29-52)44-45-59(60)47-36-40-55(41-37-47)63(53-30-16-5-17-31-53)61(49-22-8-1-9-23-49)50-24-10-2-11-25-50/h1-46H. The molecule has 0 saturated carbocycles. The first-order chi connectivity index (χ1) is 32.7. The van der Waals surface area contributed by atoms with E-state index in [1.807, 2.05) is 42.5 Å². The van der Waals surface area contributed by atoms with Crippen LogP contribution < -0.4 is 0 Å². The maximum Gasteiger partial charge on any atom is 0.193 e. The normalized spacial score (nSPS) is 10.8. The molecule has 10 aromatic carbocycles. The Balaban J connectivity index is 1.18. The molecule has 0 aliphatic heterocycles. The first-order valence-electron chi connectivity index (χ1n) is 22.5. The minimum atomic E-state index is 0.00373. The molecule has 0 fully saturated rings. The van der Waals surface area contributed by atoms with Crippen molar-refractivity contribution in [3.8, 4) is 22.3 Å². The van der Waals surface area contributed by atoms with Crippen LogP contribution in [0.4, 0.5) is 0 Å². The highest BCUT2D eigenvalue weighted by atomic mass is 16.1. The van der Waals surface area contributed by atoms with Crippen LogP contribution >= 0.6 is 0 Å². The highest BCUT2D eigenvalue weighted by Crippen LogP contribution is 2.42. The summed E-state index contributed by atoms with van der Waals surface area (Å²) in [7, 11) is 0. The Bertz CT molecular complexity index is 3180. The number of rotatable bonds is 12. The number of hydrogen-bond acceptors (Lipinski definition) is 1. The summed E-state index contributed by atoms with van der Waals surface area (Å²) in [6, 6.07) is 97.7. The Kier molecular flexibility index (Phi) is 12.2. The minimum absolute atomic E-state index is 0.00373. The van der Waals surface area contributed by atoms with Gasteiger partial charge in [0.2, 0.25) is 0 Å². The Morgan fingerprint density at radius 2 is 0.424 bits per heavy atom. The molecule has 0 aromatic heterocycles. The highest BCUT2D eigenvalue weighted by molar-refractivity contribution is 6.10. The lowest BCUT2D eigenvalue weighted by atomic mass is 9.83. The van der Waals surface area contributed by atoms with Gasteiger partial charge in [0.1, 0.15) is 0 Å². The molecular formula is C65H46O. The predicted molar refractivity (Wildman–Crippen MR) is 276 cm³/mol. The third kappa shape index (κ3) is 8.79. The maximum absolute atomic E-state index is 13.6. The van der Waals surface area contributed by atoms with Crippen molar-refractivity contribution in [2.24, 2.45) is 0 Å². The molecule has 1 nitrogen and oxygen atoms in total. The molecule has 0 radical (unpaired) electrons. The molecule has 0 amide bonds. The van der Waals surface area contributed by atoms with Crippen LogP contribution in [0.3, 0.4) is 0 Å². The number of carbonyl (C=O) groups excluding carboxylic acids is 1. The van der Waals surface area contributed by atoms with Gasteiger partial charge in [0.15, 0.2) is 5.78 Å². The van der Waals surface area contributed by atoms with Gasteiger partial charge in [0, 0.05) is 11.1 Å². The summed E-state index contributed by atoms with van der Waals surface area (Å²) in [5.74, 6) is 0.00373. The molecule has 0 bridgehead atoms. The lowest BCUT2D eigenvalue weighted by molar-refractivity contribution is 0.103. The van der Waals surface area contributed by atoms with Crippen molar-refractivity contribution in [1.29, 1.82) is 0 Å². The van der Waals surface area contributed by atoms with E-state index in [4.69, 9.17) is 0 Å². The van der Waals surface area contributed by atoms with Gasteiger partial charge in [-0.25, -0.2) is 0 Å². The first-order valence-corrected chi connectivity index (χ1v) is 22.5. The van der Waals surface area contributed by atoms with Crippen molar-refractivity contribution in [2.45, 2.75) is 0 Å². The average molecular weight is 843 g/mol. The number of hydrogen-bond donors (Lipinski definition) is 0. The molecular weight excluding hydrogens is 797 g/mol. The lowest BCUT2D eigenvalue weighted by Gasteiger charge is -2.21. The summed E-state index contributed by atoms with van der Waals surface area (Å²) >= 11 is 0. The third-order valence-electron chi connectivity index (χ3n) is 12.2. The molecule has 0 heterocycles. The fourth-order valence-electron chi connectivity index (χ4n) is 9.01. The molecule has 0 spiro atoms. The summed E-state index contributed by atoms with van der Waals surface area (Å²) in [6.07, 6.45) is 0. The Labute approximate surface area is 388 Å². The summed E-state index contributed by atoms with van der Waals surface area (Å²) in [5, 5.41) is 0. The third-order valence-corrected chi connectivity index (χ3v) is 12.2. The molecule has 10 aromatic rings. The Morgan fingerprint density at radius 3 is 0.758 bits per heavy atom. The van der Waals surface area contributed by atoms with Gasteiger partial charge >= 0.3 is 0 Å². The quantitative estimate of drug-likeness (QED) is 0.0885. The van der Waals surface area contributed by atoms with Gasteiger partial charge in [0.05, 0.1) is 0 Å². The number of benzene rings is 10. The van der Waals surface area contributed by atoms with Crippen molar-refractivity contribution in [3.05, 3.63) is 335 Å². The van der Waals surface area contributed by atoms with Crippen LogP contribution in [0.1, 0.15) is 60.4 Å². The van der Waals surface area contributed by atoms with Gasteiger partial charge in [-0.2, -0.15) is 0 Å². The van der Waals surface area contributed by atoms with Crippen molar-refractivity contribution in [1.82, 2.24) is 0 Å². The topological polar surface area (TPSA) is 17.1 Å². The van der Waals surface area contributed by atoms with E-state index >= 15 is 0 Å².